The molecule has 0 unspecified atom stereocenters. The van der Waals surface area contributed by atoms with Crippen LogP contribution in [0, 0.1) is 0 Å². The van der Waals surface area contributed by atoms with E-state index in [2.05, 4.69) is 24.3 Å². The van der Waals surface area contributed by atoms with Gasteiger partial charge in [-0.15, -0.1) is 0 Å². The number of carbonyl (C=O) groups excluding carboxylic acids is 2. The molecule has 28 heavy (non-hydrogen) atoms. The Bertz CT molecular complexity index is 827. The van der Waals surface area contributed by atoms with Gasteiger partial charge in [0.1, 0.15) is 13.2 Å². The lowest BCUT2D eigenvalue weighted by atomic mass is 9.98. The molecule has 5 nitrogen and oxygen atoms in total. The summed E-state index contributed by atoms with van der Waals surface area (Å²) >= 11 is 0. The highest BCUT2D eigenvalue weighted by molar-refractivity contribution is 5.80. The molecule has 0 aliphatic heterocycles. The normalized spacial score (nSPS) is 15.8. The van der Waals surface area contributed by atoms with Gasteiger partial charge in [-0.25, -0.2) is 4.79 Å². The van der Waals surface area contributed by atoms with Gasteiger partial charge in [-0.2, -0.15) is 0 Å². The number of amides is 1. The summed E-state index contributed by atoms with van der Waals surface area (Å²) < 4.78 is 10.5. The summed E-state index contributed by atoms with van der Waals surface area (Å²) in [6.45, 7) is 0.203. The molecule has 0 N–H and O–H groups in total. The molecule has 0 aromatic heterocycles. The largest absolute Gasteiger partial charge is 0.468 e. The number of rotatable bonds is 5. The third-order valence-electron chi connectivity index (χ3n) is 5.86. The summed E-state index contributed by atoms with van der Waals surface area (Å²) in [5.74, 6) is -0.402. The van der Waals surface area contributed by atoms with Crippen LogP contribution in [0.25, 0.3) is 11.1 Å². The molecule has 0 bridgehead atoms. The number of nitrogens with zero attached hydrogens (tertiary/aromatic N) is 1. The molecule has 146 valence electrons. The standard InChI is InChI=1S/C23H25NO4/c1-27-22(25)14-24(16-8-2-3-9-16)23(26)28-15-21-19-12-6-4-10-17(19)18-11-5-7-13-20(18)21/h4-7,10-13,16,21H,2-3,8-9,14-15H2,1H3. The number of hydrogen-bond donors (Lipinski definition) is 0. The van der Waals surface area contributed by atoms with E-state index < -0.39 is 12.1 Å². The van der Waals surface area contributed by atoms with Crippen molar-refractivity contribution in [2.24, 2.45) is 0 Å². The van der Waals surface area contributed by atoms with Gasteiger partial charge in [-0.05, 0) is 35.1 Å². The van der Waals surface area contributed by atoms with Crippen molar-refractivity contribution in [3.8, 4) is 11.1 Å². The highest BCUT2D eigenvalue weighted by Crippen LogP contribution is 2.44. The summed E-state index contributed by atoms with van der Waals surface area (Å²) in [7, 11) is 1.34. The van der Waals surface area contributed by atoms with Gasteiger partial charge in [-0.3, -0.25) is 9.69 Å². The number of benzene rings is 2. The van der Waals surface area contributed by atoms with Gasteiger partial charge in [-0.1, -0.05) is 61.4 Å². The minimum absolute atomic E-state index is 0.0138. The zero-order valence-corrected chi connectivity index (χ0v) is 16.1. The molecular formula is C23H25NO4. The fraction of sp³-hybridized carbons (Fsp3) is 0.391. The smallest absolute Gasteiger partial charge is 0.410 e. The molecule has 1 fully saturated rings. The average Bonchev–Trinajstić information content (AvgIpc) is 3.37. The predicted molar refractivity (Wildman–Crippen MR) is 106 cm³/mol. The minimum Gasteiger partial charge on any atom is -0.468 e. The van der Waals surface area contributed by atoms with Crippen molar-refractivity contribution in [1.82, 2.24) is 4.90 Å². The van der Waals surface area contributed by atoms with E-state index in [1.807, 2.05) is 24.3 Å². The molecule has 1 amide bonds. The maximum absolute atomic E-state index is 12.9. The lowest BCUT2D eigenvalue weighted by Crippen LogP contribution is -2.43. The quantitative estimate of drug-likeness (QED) is 0.725. The van der Waals surface area contributed by atoms with E-state index in [1.54, 1.807) is 4.90 Å². The van der Waals surface area contributed by atoms with Crippen LogP contribution in [-0.4, -0.2) is 43.3 Å². The molecule has 2 aliphatic carbocycles. The van der Waals surface area contributed by atoms with Crippen molar-refractivity contribution in [3.63, 3.8) is 0 Å². The topological polar surface area (TPSA) is 55.8 Å². The average molecular weight is 379 g/mol. The lowest BCUT2D eigenvalue weighted by Gasteiger charge is -2.27. The van der Waals surface area contributed by atoms with Crippen LogP contribution >= 0.6 is 0 Å². The molecule has 5 heteroatoms. The van der Waals surface area contributed by atoms with Gasteiger partial charge in [0.2, 0.25) is 0 Å². The van der Waals surface area contributed by atoms with Crippen molar-refractivity contribution < 1.29 is 19.1 Å². The molecule has 0 spiro atoms. The molecule has 0 radical (unpaired) electrons. The second kappa shape index (κ2) is 8.05. The van der Waals surface area contributed by atoms with Gasteiger partial charge in [0.25, 0.3) is 0 Å². The molecule has 0 saturated heterocycles. The zero-order valence-electron chi connectivity index (χ0n) is 16.1. The zero-order chi connectivity index (χ0) is 19.5. The first-order valence-corrected chi connectivity index (χ1v) is 9.87. The second-order valence-electron chi connectivity index (χ2n) is 7.45. The SMILES string of the molecule is COC(=O)CN(C(=O)OCC1c2ccccc2-c2ccccc21)C1CCCC1. The van der Waals surface area contributed by atoms with E-state index >= 15 is 0 Å². The third-order valence-corrected chi connectivity index (χ3v) is 5.86. The van der Waals surface area contributed by atoms with E-state index in [4.69, 9.17) is 9.47 Å². The monoisotopic (exact) mass is 379 g/mol. The molecular weight excluding hydrogens is 354 g/mol. The van der Waals surface area contributed by atoms with Crippen LogP contribution in [0.1, 0.15) is 42.7 Å². The number of hydrogen-bond acceptors (Lipinski definition) is 4. The van der Waals surface area contributed by atoms with Crippen LogP contribution in [0.2, 0.25) is 0 Å². The number of methoxy groups -OCH3 is 1. The Kier molecular flexibility index (Phi) is 5.33. The summed E-state index contributed by atoms with van der Waals surface area (Å²) in [5.41, 5.74) is 4.75. The first kappa shape index (κ1) is 18.5. The van der Waals surface area contributed by atoms with E-state index in [9.17, 15) is 9.59 Å². The Morgan fingerprint density at radius 2 is 1.54 bits per heavy atom. The Morgan fingerprint density at radius 1 is 0.964 bits per heavy atom. The van der Waals surface area contributed by atoms with Gasteiger partial charge in [0.05, 0.1) is 7.11 Å². The van der Waals surface area contributed by atoms with Crippen LogP contribution in [-0.2, 0) is 14.3 Å². The van der Waals surface area contributed by atoms with E-state index in [0.29, 0.717) is 0 Å². The molecule has 2 aromatic rings. The molecule has 2 aliphatic rings. The molecule has 0 atom stereocenters. The summed E-state index contributed by atoms with van der Waals surface area (Å²) in [4.78, 5) is 26.2. The number of esters is 1. The number of carbonyl (C=O) groups is 2. The molecule has 2 aromatic carbocycles. The van der Waals surface area contributed by atoms with Crippen LogP contribution in [0.4, 0.5) is 4.79 Å². The predicted octanol–water partition coefficient (Wildman–Crippen LogP) is 4.35. The first-order valence-electron chi connectivity index (χ1n) is 9.87. The molecule has 4 rings (SSSR count). The van der Waals surface area contributed by atoms with Gasteiger partial charge in [0, 0.05) is 12.0 Å². The Morgan fingerprint density at radius 3 is 2.11 bits per heavy atom. The van der Waals surface area contributed by atoms with Crippen molar-refractivity contribution >= 4 is 12.1 Å². The highest BCUT2D eigenvalue weighted by Gasteiger charge is 2.33. The van der Waals surface area contributed by atoms with Crippen molar-refractivity contribution in [2.45, 2.75) is 37.6 Å². The minimum atomic E-state index is -0.431. The lowest BCUT2D eigenvalue weighted by molar-refractivity contribution is -0.142. The number of fused-ring (bicyclic) bond motifs is 3. The van der Waals surface area contributed by atoms with Gasteiger partial charge >= 0.3 is 12.1 Å². The first-order chi connectivity index (χ1) is 13.7. The maximum atomic E-state index is 12.9. The Hall–Kier alpha value is -2.82. The number of ether oxygens (including phenoxy) is 2. The van der Waals surface area contributed by atoms with Crippen LogP contribution in [0.15, 0.2) is 48.5 Å². The van der Waals surface area contributed by atoms with Gasteiger partial charge < -0.3 is 9.47 Å². The van der Waals surface area contributed by atoms with Gasteiger partial charge in [0.15, 0.2) is 0 Å². The second-order valence-corrected chi connectivity index (χ2v) is 7.45. The molecule has 0 heterocycles. The van der Waals surface area contributed by atoms with E-state index in [-0.39, 0.29) is 25.1 Å². The van der Waals surface area contributed by atoms with E-state index in [1.165, 1.54) is 29.4 Å². The summed E-state index contributed by atoms with van der Waals surface area (Å²) in [5, 5.41) is 0. The Balaban J connectivity index is 1.51. The molecule has 1 saturated carbocycles. The Labute approximate surface area is 165 Å². The van der Waals surface area contributed by atoms with Crippen molar-refractivity contribution in [1.29, 1.82) is 0 Å². The highest BCUT2D eigenvalue weighted by atomic mass is 16.6. The van der Waals surface area contributed by atoms with Crippen molar-refractivity contribution in [3.05, 3.63) is 59.7 Å². The maximum Gasteiger partial charge on any atom is 0.410 e. The van der Waals surface area contributed by atoms with E-state index in [0.717, 1.165) is 25.7 Å². The summed E-state index contributed by atoms with van der Waals surface area (Å²) in [6.07, 6.45) is 3.51. The van der Waals surface area contributed by atoms with Crippen molar-refractivity contribution in [2.75, 3.05) is 20.3 Å². The van der Waals surface area contributed by atoms with Crippen LogP contribution < -0.4 is 0 Å². The fourth-order valence-corrected chi connectivity index (χ4v) is 4.44. The fourth-order valence-electron chi connectivity index (χ4n) is 4.44. The van der Waals surface area contributed by atoms with Crippen LogP contribution in [0.5, 0.6) is 0 Å². The van der Waals surface area contributed by atoms with Crippen LogP contribution in [0.3, 0.4) is 0 Å². The third kappa shape index (κ3) is 3.49. The summed E-state index contributed by atoms with van der Waals surface area (Å²) in [6, 6.07) is 16.5.